The number of para-hydroxylation sites is 1. The molecular formula is C13H14N4O2. The van der Waals surface area contributed by atoms with Crippen LogP contribution in [0.3, 0.4) is 0 Å². The second-order valence-corrected chi connectivity index (χ2v) is 4.53. The molecule has 0 radical (unpaired) electrons. The Labute approximate surface area is 110 Å². The van der Waals surface area contributed by atoms with E-state index >= 15 is 0 Å². The zero-order valence-electron chi connectivity index (χ0n) is 10.4. The van der Waals surface area contributed by atoms with Crippen molar-refractivity contribution in [1.29, 1.82) is 5.26 Å². The normalized spacial score (nSPS) is 20.5. The van der Waals surface area contributed by atoms with Gasteiger partial charge in [0.1, 0.15) is 5.52 Å². The monoisotopic (exact) mass is 258 g/mol. The van der Waals surface area contributed by atoms with Crippen molar-refractivity contribution in [2.75, 3.05) is 25.4 Å². The highest BCUT2D eigenvalue weighted by molar-refractivity contribution is 5.85. The van der Waals surface area contributed by atoms with Crippen molar-refractivity contribution in [2.45, 2.75) is 12.6 Å². The number of benzene rings is 1. The summed E-state index contributed by atoms with van der Waals surface area (Å²) in [6.07, 6.45) is -0.372. The molecule has 1 aliphatic heterocycles. The first-order valence-electron chi connectivity index (χ1n) is 6.14. The van der Waals surface area contributed by atoms with E-state index in [0.29, 0.717) is 42.4 Å². The maximum atomic E-state index is 8.87. The number of aromatic nitrogens is 1. The summed E-state index contributed by atoms with van der Waals surface area (Å²) in [7, 11) is 0. The van der Waals surface area contributed by atoms with Gasteiger partial charge in [-0.15, -0.1) is 0 Å². The summed E-state index contributed by atoms with van der Waals surface area (Å²) in [5, 5.41) is 8.87. The number of anilines is 1. The van der Waals surface area contributed by atoms with Gasteiger partial charge in [0.2, 0.25) is 5.89 Å². The lowest BCUT2D eigenvalue weighted by Gasteiger charge is -2.28. The molecule has 0 bridgehead atoms. The number of nitrogens with two attached hydrogens (primary N) is 1. The molecule has 6 heteroatoms. The highest BCUT2D eigenvalue weighted by Crippen LogP contribution is 2.22. The number of fused-ring (bicyclic) bond motifs is 1. The van der Waals surface area contributed by atoms with Crippen molar-refractivity contribution in [1.82, 2.24) is 9.88 Å². The van der Waals surface area contributed by atoms with Crippen LogP contribution in [0, 0.1) is 11.3 Å². The Morgan fingerprint density at radius 2 is 2.42 bits per heavy atom. The molecule has 1 aromatic heterocycles. The maximum Gasteiger partial charge on any atom is 0.209 e. The summed E-state index contributed by atoms with van der Waals surface area (Å²) in [6, 6.07) is 7.61. The van der Waals surface area contributed by atoms with E-state index in [0.717, 1.165) is 6.54 Å². The molecule has 1 aliphatic rings. The molecule has 1 fully saturated rings. The molecule has 1 atom stereocenters. The van der Waals surface area contributed by atoms with Crippen molar-refractivity contribution < 1.29 is 9.15 Å². The molecule has 2 heterocycles. The van der Waals surface area contributed by atoms with E-state index in [2.05, 4.69) is 16.0 Å². The molecule has 6 nitrogen and oxygen atoms in total. The van der Waals surface area contributed by atoms with Crippen LogP contribution in [0.2, 0.25) is 0 Å². The molecule has 0 saturated carbocycles. The van der Waals surface area contributed by atoms with Crippen LogP contribution >= 0.6 is 0 Å². The van der Waals surface area contributed by atoms with Gasteiger partial charge in [0, 0.05) is 13.1 Å². The summed E-state index contributed by atoms with van der Waals surface area (Å²) in [4.78, 5) is 6.50. The van der Waals surface area contributed by atoms with Crippen molar-refractivity contribution in [3.63, 3.8) is 0 Å². The minimum atomic E-state index is -0.372. The minimum absolute atomic E-state index is 0.372. The lowest BCUT2D eigenvalue weighted by molar-refractivity contribution is -0.00528. The zero-order chi connectivity index (χ0) is 13.2. The van der Waals surface area contributed by atoms with Crippen molar-refractivity contribution >= 4 is 16.8 Å². The molecule has 19 heavy (non-hydrogen) atoms. The second kappa shape index (κ2) is 4.88. The van der Waals surface area contributed by atoms with Gasteiger partial charge in [-0.3, -0.25) is 4.90 Å². The molecule has 2 aromatic rings. The van der Waals surface area contributed by atoms with Gasteiger partial charge in [-0.2, -0.15) is 5.26 Å². The van der Waals surface area contributed by atoms with Gasteiger partial charge in [0.25, 0.3) is 0 Å². The van der Waals surface area contributed by atoms with Crippen molar-refractivity contribution in [3.8, 4) is 6.07 Å². The molecule has 1 saturated heterocycles. The standard InChI is InChI=1S/C13H14N4O2/c14-6-9-7-17(4-5-18-9)8-12-16-13-10(15)2-1-3-11(13)19-12/h1-3,9H,4-5,7-8,15H2. The highest BCUT2D eigenvalue weighted by atomic mass is 16.5. The Hall–Kier alpha value is -2.10. The van der Waals surface area contributed by atoms with Gasteiger partial charge in [-0.1, -0.05) is 6.07 Å². The highest BCUT2D eigenvalue weighted by Gasteiger charge is 2.21. The summed E-state index contributed by atoms with van der Waals surface area (Å²) in [5.74, 6) is 0.617. The molecule has 1 aromatic carbocycles. The quantitative estimate of drug-likeness (QED) is 0.812. The van der Waals surface area contributed by atoms with Crippen LogP contribution in [0.1, 0.15) is 5.89 Å². The summed E-state index contributed by atoms with van der Waals surface area (Å²) in [5.41, 5.74) is 7.85. The van der Waals surface area contributed by atoms with Crippen molar-refractivity contribution in [3.05, 3.63) is 24.1 Å². The Kier molecular flexibility index (Phi) is 3.07. The van der Waals surface area contributed by atoms with E-state index in [1.54, 1.807) is 6.07 Å². The third kappa shape index (κ3) is 2.38. The van der Waals surface area contributed by atoms with Gasteiger partial charge in [-0.25, -0.2) is 4.98 Å². The average molecular weight is 258 g/mol. The number of nitriles is 1. The minimum Gasteiger partial charge on any atom is -0.439 e. The van der Waals surface area contributed by atoms with Gasteiger partial charge in [0.15, 0.2) is 11.7 Å². The van der Waals surface area contributed by atoms with Gasteiger partial charge >= 0.3 is 0 Å². The lowest BCUT2D eigenvalue weighted by atomic mass is 10.3. The molecule has 98 valence electrons. The Bertz CT molecular complexity index is 631. The molecule has 3 rings (SSSR count). The summed E-state index contributed by atoms with van der Waals surface area (Å²) >= 11 is 0. The predicted molar refractivity (Wildman–Crippen MR) is 69.1 cm³/mol. The van der Waals surface area contributed by atoms with Crippen LogP contribution in [-0.2, 0) is 11.3 Å². The molecule has 0 amide bonds. The first-order chi connectivity index (χ1) is 9.26. The van der Waals surface area contributed by atoms with Crippen LogP contribution in [-0.4, -0.2) is 35.7 Å². The van der Waals surface area contributed by atoms with Crippen LogP contribution in [0.15, 0.2) is 22.6 Å². The van der Waals surface area contributed by atoms with Gasteiger partial charge in [0.05, 0.1) is 24.9 Å². The van der Waals surface area contributed by atoms with E-state index in [1.165, 1.54) is 0 Å². The fraction of sp³-hybridized carbons (Fsp3) is 0.385. The Morgan fingerprint density at radius 1 is 1.53 bits per heavy atom. The van der Waals surface area contributed by atoms with Crippen LogP contribution in [0.4, 0.5) is 5.69 Å². The fourth-order valence-corrected chi connectivity index (χ4v) is 2.20. The van der Waals surface area contributed by atoms with Crippen LogP contribution in [0.25, 0.3) is 11.1 Å². The van der Waals surface area contributed by atoms with E-state index in [4.69, 9.17) is 20.1 Å². The predicted octanol–water partition coefficient (Wildman–Crippen LogP) is 1.13. The number of oxazole rings is 1. The maximum absolute atomic E-state index is 8.87. The molecule has 1 unspecified atom stereocenters. The number of rotatable bonds is 2. The topological polar surface area (TPSA) is 88.3 Å². The van der Waals surface area contributed by atoms with Gasteiger partial charge < -0.3 is 14.9 Å². The van der Waals surface area contributed by atoms with Crippen LogP contribution in [0.5, 0.6) is 0 Å². The van der Waals surface area contributed by atoms with E-state index in [9.17, 15) is 0 Å². The van der Waals surface area contributed by atoms with E-state index in [-0.39, 0.29) is 6.10 Å². The third-order valence-corrected chi connectivity index (χ3v) is 3.15. The lowest BCUT2D eigenvalue weighted by Crippen LogP contribution is -2.41. The number of nitrogens with zero attached hydrogens (tertiary/aromatic N) is 3. The number of hydrogen-bond acceptors (Lipinski definition) is 6. The fourth-order valence-electron chi connectivity index (χ4n) is 2.20. The Balaban J connectivity index is 1.78. The van der Waals surface area contributed by atoms with Crippen LogP contribution < -0.4 is 5.73 Å². The second-order valence-electron chi connectivity index (χ2n) is 4.53. The first kappa shape index (κ1) is 12.0. The molecular weight excluding hydrogens is 244 g/mol. The third-order valence-electron chi connectivity index (χ3n) is 3.15. The number of morpholine rings is 1. The van der Waals surface area contributed by atoms with E-state index in [1.807, 2.05) is 12.1 Å². The first-order valence-corrected chi connectivity index (χ1v) is 6.14. The molecule has 2 N–H and O–H groups in total. The number of nitrogen functional groups attached to an aromatic ring is 1. The number of hydrogen-bond donors (Lipinski definition) is 1. The average Bonchev–Trinajstić information content (AvgIpc) is 2.83. The zero-order valence-corrected chi connectivity index (χ0v) is 10.4. The molecule has 0 aliphatic carbocycles. The summed E-state index contributed by atoms with van der Waals surface area (Å²) < 4.78 is 11.0. The SMILES string of the molecule is N#CC1CN(Cc2nc3c(N)cccc3o2)CCO1. The van der Waals surface area contributed by atoms with E-state index < -0.39 is 0 Å². The largest absolute Gasteiger partial charge is 0.439 e. The van der Waals surface area contributed by atoms with Gasteiger partial charge in [-0.05, 0) is 12.1 Å². The Morgan fingerprint density at radius 3 is 3.21 bits per heavy atom. The number of ether oxygens (including phenoxy) is 1. The smallest absolute Gasteiger partial charge is 0.209 e. The molecule has 0 spiro atoms. The summed E-state index contributed by atoms with van der Waals surface area (Å²) in [6.45, 7) is 2.47. The van der Waals surface area contributed by atoms with Crippen molar-refractivity contribution in [2.24, 2.45) is 0 Å².